The molecule has 3 amide bonds. The van der Waals surface area contributed by atoms with E-state index in [1.807, 2.05) is 0 Å². The molecule has 0 atom stereocenters. The number of imide groups is 1. The van der Waals surface area contributed by atoms with Gasteiger partial charge in [-0.1, -0.05) is 76.7 Å². The van der Waals surface area contributed by atoms with Crippen LogP contribution < -0.4 is 10.6 Å². The minimum atomic E-state index is -0.591. The van der Waals surface area contributed by atoms with Crippen LogP contribution in [-0.2, 0) is 22.7 Å². The van der Waals surface area contributed by atoms with Crippen LogP contribution in [0.3, 0.4) is 0 Å². The number of carbonyl (C=O) groups excluding carboxylic acids is 3. The number of rotatable bonds is 7. The Bertz CT molecular complexity index is 1340. The van der Waals surface area contributed by atoms with Gasteiger partial charge >= 0.3 is 0 Å². The second-order valence-electron chi connectivity index (χ2n) is 7.64. The van der Waals surface area contributed by atoms with Gasteiger partial charge in [-0.3, -0.25) is 19.3 Å². The zero-order valence-corrected chi connectivity index (χ0v) is 21.0. The molecule has 0 radical (unpaired) electrons. The first-order chi connectivity index (χ1) is 16.7. The van der Waals surface area contributed by atoms with Crippen molar-refractivity contribution in [3.05, 3.63) is 109 Å². The van der Waals surface area contributed by atoms with Crippen molar-refractivity contribution in [2.75, 3.05) is 5.32 Å². The van der Waals surface area contributed by atoms with E-state index in [4.69, 9.17) is 46.4 Å². The number of nitrogens with zero attached hydrogens (tertiary/aromatic N) is 1. The van der Waals surface area contributed by atoms with Gasteiger partial charge in [-0.05, 0) is 47.5 Å². The highest BCUT2D eigenvalue weighted by Gasteiger charge is 2.37. The van der Waals surface area contributed by atoms with Gasteiger partial charge in [0.25, 0.3) is 17.7 Å². The van der Waals surface area contributed by atoms with Gasteiger partial charge in [0.05, 0.1) is 6.54 Å². The van der Waals surface area contributed by atoms with Gasteiger partial charge in [0.2, 0.25) is 0 Å². The van der Waals surface area contributed by atoms with E-state index in [1.165, 1.54) is 0 Å². The molecular weight excluding hydrogens is 532 g/mol. The van der Waals surface area contributed by atoms with Crippen LogP contribution in [0.2, 0.25) is 15.1 Å². The Morgan fingerprint density at radius 3 is 2.14 bits per heavy atom. The third kappa shape index (κ3) is 5.80. The average molecular weight is 549 g/mol. The number of hydrogen-bond donors (Lipinski definition) is 2. The van der Waals surface area contributed by atoms with Crippen molar-refractivity contribution < 1.29 is 14.4 Å². The summed E-state index contributed by atoms with van der Waals surface area (Å²) in [5.41, 5.74) is 2.32. The Morgan fingerprint density at radius 2 is 1.49 bits per heavy atom. The van der Waals surface area contributed by atoms with Crippen LogP contribution in [0.25, 0.3) is 0 Å². The average Bonchev–Trinajstić information content (AvgIpc) is 3.01. The number of benzene rings is 3. The Morgan fingerprint density at radius 1 is 0.829 bits per heavy atom. The van der Waals surface area contributed by atoms with Crippen LogP contribution >= 0.6 is 46.4 Å². The molecule has 1 heterocycles. The first kappa shape index (κ1) is 25.1. The lowest BCUT2D eigenvalue weighted by Gasteiger charge is -2.16. The van der Waals surface area contributed by atoms with Crippen molar-refractivity contribution in [1.82, 2.24) is 10.2 Å². The topological polar surface area (TPSA) is 78.5 Å². The summed E-state index contributed by atoms with van der Waals surface area (Å²) in [5, 5.41) is 6.76. The van der Waals surface area contributed by atoms with Crippen LogP contribution in [0.1, 0.15) is 21.5 Å². The van der Waals surface area contributed by atoms with Gasteiger partial charge in [0.1, 0.15) is 10.7 Å². The summed E-state index contributed by atoms with van der Waals surface area (Å²) < 4.78 is 0. The van der Waals surface area contributed by atoms with E-state index in [-0.39, 0.29) is 29.7 Å². The minimum absolute atomic E-state index is 0.0143. The fraction of sp³-hybridized carbons (Fsp3) is 0.0800. The predicted molar refractivity (Wildman–Crippen MR) is 138 cm³/mol. The Labute approximate surface area is 221 Å². The fourth-order valence-electron chi connectivity index (χ4n) is 3.43. The lowest BCUT2D eigenvalue weighted by atomic mass is 10.1. The van der Waals surface area contributed by atoms with E-state index in [2.05, 4.69) is 10.6 Å². The van der Waals surface area contributed by atoms with E-state index in [0.29, 0.717) is 31.9 Å². The zero-order valence-electron chi connectivity index (χ0n) is 17.9. The summed E-state index contributed by atoms with van der Waals surface area (Å²) in [6.45, 7) is 0.233. The molecule has 1 aliphatic rings. The van der Waals surface area contributed by atoms with Gasteiger partial charge < -0.3 is 10.6 Å². The summed E-state index contributed by atoms with van der Waals surface area (Å²) in [5.74, 6) is -1.45. The predicted octanol–water partition coefficient (Wildman–Crippen LogP) is 6.01. The van der Waals surface area contributed by atoms with Crippen LogP contribution in [0, 0.1) is 0 Å². The molecule has 0 aliphatic carbocycles. The van der Waals surface area contributed by atoms with Crippen LogP contribution in [0.4, 0.5) is 5.69 Å². The van der Waals surface area contributed by atoms with Crippen LogP contribution in [-0.4, -0.2) is 22.6 Å². The largest absolute Gasteiger partial charge is 0.375 e. The SMILES string of the molecule is O=C(Nc1cc(Cl)cc(Cl)c1)c1ccc(CNC2=C(Cl)C(=O)N(Cc3ccccc3Cl)C2=O)cc1. The maximum atomic E-state index is 12.8. The molecule has 0 spiro atoms. The molecule has 1 aliphatic heterocycles. The van der Waals surface area contributed by atoms with Gasteiger partial charge in [-0.25, -0.2) is 0 Å². The molecule has 3 aromatic rings. The molecule has 0 aromatic heterocycles. The smallest absolute Gasteiger partial charge is 0.278 e. The van der Waals surface area contributed by atoms with Gasteiger partial charge in [-0.2, -0.15) is 0 Å². The van der Waals surface area contributed by atoms with Gasteiger partial charge in [0, 0.05) is 32.9 Å². The molecule has 0 saturated heterocycles. The molecule has 0 unspecified atom stereocenters. The summed E-state index contributed by atoms with van der Waals surface area (Å²) in [7, 11) is 0. The first-order valence-electron chi connectivity index (χ1n) is 10.3. The van der Waals surface area contributed by atoms with Gasteiger partial charge in [-0.15, -0.1) is 0 Å². The number of amides is 3. The summed E-state index contributed by atoms with van der Waals surface area (Å²) in [6.07, 6.45) is 0. The normalized spacial score (nSPS) is 13.4. The van der Waals surface area contributed by atoms with Crippen molar-refractivity contribution in [1.29, 1.82) is 0 Å². The molecule has 0 saturated carbocycles. The number of hydrogen-bond acceptors (Lipinski definition) is 4. The molecule has 0 fully saturated rings. The van der Waals surface area contributed by atoms with E-state index >= 15 is 0 Å². The fourth-order valence-corrected chi connectivity index (χ4v) is 4.41. The summed E-state index contributed by atoms with van der Waals surface area (Å²) in [4.78, 5) is 38.9. The summed E-state index contributed by atoms with van der Waals surface area (Å²) >= 11 is 24.2. The zero-order chi connectivity index (χ0) is 25.1. The Kier molecular flexibility index (Phi) is 7.67. The minimum Gasteiger partial charge on any atom is -0.375 e. The first-order valence-corrected chi connectivity index (χ1v) is 11.8. The van der Waals surface area contributed by atoms with E-state index in [0.717, 1.165) is 10.5 Å². The molecule has 2 N–H and O–H groups in total. The van der Waals surface area contributed by atoms with Crippen molar-refractivity contribution >= 4 is 69.8 Å². The lowest BCUT2D eigenvalue weighted by molar-refractivity contribution is -0.138. The third-order valence-electron chi connectivity index (χ3n) is 5.20. The molecule has 3 aromatic carbocycles. The number of nitrogens with one attached hydrogen (secondary N) is 2. The number of anilines is 1. The molecule has 10 heteroatoms. The quantitative estimate of drug-likeness (QED) is 0.354. The van der Waals surface area contributed by atoms with Crippen molar-refractivity contribution in [2.45, 2.75) is 13.1 Å². The maximum absolute atomic E-state index is 12.8. The number of halogens is 4. The van der Waals surface area contributed by atoms with Crippen molar-refractivity contribution in [2.24, 2.45) is 0 Å². The van der Waals surface area contributed by atoms with Crippen LogP contribution in [0.15, 0.2) is 77.5 Å². The lowest BCUT2D eigenvalue weighted by Crippen LogP contribution is -2.33. The number of carbonyl (C=O) groups is 3. The second kappa shape index (κ2) is 10.7. The molecule has 35 heavy (non-hydrogen) atoms. The monoisotopic (exact) mass is 547 g/mol. The highest BCUT2D eigenvalue weighted by molar-refractivity contribution is 6.47. The molecule has 6 nitrogen and oxygen atoms in total. The highest BCUT2D eigenvalue weighted by atomic mass is 35.5. The standard InChI is InChI=1S/C25H17Cl4N3O3/c26-17-9-18(27)11-19(10-17)31-23(33)15-7-5-14(6-8-15)12-30-22-21(29)24(34)32(25(22)35)13-16-3-1-2-4-20(16)28/h1-11,30H,12-13H2,(H,31,33). The van der Waals surface area contributed by atoms with E-state index < -0.39 is 11.8 Å². The molecule has 0 bridgehead atoms. The second-order valence-corrected chi connectivity index (χ2v) is 9.30. The van der Waals surface area contributed by atoms with Crippen molar-refractivity contribution in [3.8, 4) is 0 Å². The Hall–Kier alpha value is -3.03. The molecule has 178 valence electrons. The summed E-state index contributed by atoms with van der Waals surface area (Å²) in [6, 6.07) is 18.4. The van der Waals surface area contributed by atoms with Crippen molar-refractivity contribution in [3.63, 3.8) is 0 Å². The Balaban J connectivity index is 1.38. The van der Waals surface area contributed by atoms with Crippen LogP contribution in [0.5, 0.6) is 0 Å². The molecular formula is C25H17Cl4N3O3. The third-order valence-corrected chi connectivity index (χ3v) is 6.36. The van der Waals surface area contributed by atoms with E-state index in [9.17, 15) is 14.4 Å². The van der Waals surface area contributed by atoms with Gasteiger partial charge in [0.15, 0.2) is 0 Å². The highest BCUT2D eigenvalue weighted by Crippen LogP contribution is 2.27. The van der Waals surface area contributed by atoms with E-state index in [1.54, 1.807) is 66.7 Å². The molecule has 4 rings (SSSR count). The maximum Gasteiger partial charge on any atom is 0.278 e.